The zero-order chi connectivity index (χ0) is 12.2. The van der Waals surface area contributed by atoms with Crippen molar-refractivity contribution in [2.75, 3.05) is 13.2 Å². The van der Waals surface area contributed by atoms with Crippen molar-refractivity contribution in [2.24, 2.45) is 5.41 Å². The lowest BCUT2D eigenvalue weighted by atomic mass is 9.88. The SMILES string of the molecule is CC(=O)C(C)(C)/C=C/C(=O)CC1OCCO1. The fourth-order valence-electron chi connectivity index (χ4n) is 1.18. The standard InChI is InChI=1S/C12H18O4/c1-9(13)12(2,3)5-4-10(14)8-11-15-6-7-16-11/h4-5,11H,6-8H2,1-3H3/b5-4+. The Labute approximate surface area is 95.6 Å². The maximum atomic E-state index is 11.5. The van der Waals surface area contributed by atoms with Gasteiger partial charge in [-0.1, -0.05) is 6.08 Å². The molecule has 0 atom stereocenters. The normalized spacial score (nSPS) is 18.2. The molecule has 1 saturated heterocycles. The number of allylic oxidation sites excluding steroid dienone is 2. The van der Waals surface area contributed by atoms with Crippen molar-refractivity contribution in [2.45, 2.75) is 33.5 Å². The maximum absolute atomic E-state index is 11.5. The molecule has 16 heavy (non-hydrogen) atoms. The van der Waals surface area contributed by atoms with E-state index in [4.69, 9.17) is 9.47 Å². The van der Waals surface area contributed by atoms with Crippen LogP contribution in [-0.2, 0) is 19.1 Å². The van der Waals surface area contributed by atoms with E-state index < -0.39 is 11.7 Å². The highest BCUT2D eigenvalue weighted by Gasteiger charge is 2.21. The smallest absolute Gasteiger partial charge is 0.165 e. The third-order valence-electron chi connectivity index (χ3n) is 2.65. The van der Waals surface area contributed by atoms with Crippen molar-refractivity contribution in [3.8, 4) is 0 Å². The Hall–Kier alpha value is -1.00. The summed E-state index contributed by atoms with van der Waals surface area (Å²) in [5.41, 5.74) is -0.590. The van der Waals surface area contributed by atoms with E-state index in [2.05, 4.69) is 0 Å². The number of hydrogen-bond acceptors (Lipinski definition) is 4. The highest BCUT2D eigenvalue weighted by molar-refractivity contribution is 5.92. The summed E-state index contributed by atoms with van der Waals surface area (Å²) in [7, 11) is 0. The van der Waals surface area contributed by atoms with Crippen LogP contribution < -0.4 is 0 Å². The largest absolute Gasteiger partial charge is 0.350 e. The topological polar surface area (TPSA) is 52.6 Å². The van der Waals surface area contributed by atoms with E-state index in [-0.39, 0.29) is 18.0 Å². The quantitative estimate of drug-likeness (QED) is 0.666. The van der Waals surface area contributed by atoms with Crippen LogP contribution >= 0.6 is 0 Å². The molecule has 0 aromatic carbocycles. The molecule has 0 bridgehead atoms. The summed E-state index contributed by atoms with van der Waals surface area (Å²) < 4.78 is 10.3. The molecule has 1 aliphatic rings. The van der Waals surface area contributed by atoms with Crippen LogP contribution in [0.15, 0.2) is 12.2 Å². The maximum Gasteiger partial charge on any atom is 0.165 e. The first-order valence-electron chi connectivity index (χ1n) is 5.38. The van der Waals surface area contributed by atoms with Gasteiger partial charge in [0.1, 0.15) is 5.78 Å². The molecule has 0 amide bonds. The van der Waals surface area contributed by atoms with Gasteiger partial charge in [-0.2, -0.15) is 0 Å². The van der Waals surface area contributed by atoms with Crippen LogP contribution in [0.1, 0.15) is 27.2 Å². The lowest BCUT2D eigenvalue weighted by Gasteiger charge is -2.15. The summed E-state index contributed by atoms with van der Waals surface area (Å²) >= 11 is 0. The molecule has 1 heterocycles. The van der Waals surface area contributed by atoms with Crippen LogP contribution in [0.25, 0.3) is 0 Å². The first-order valence-corrected chi connectivity index (χ1v) is 5.38. The fraction of sp³-hybridized carbons (Fsp3) is 0.667. The number of carbonyl (C=O) groups is 2. The van der Waals surface area contributed by atoms with Gasteiger partial charge in [-0.3, -0.25) is 9.59 Å². The molecular formula is C12H18O4. The molecule has 1 fully saturated rings. The molecule has 0 aliphatic carbocycles. The first kappa shape index (κ1) is 13.1. The second-order valence-electron chi connectivity index (χ2n) is 4.45. The van der Waals surface area contributed by atoms with Crippen LogP contribution in [0.3, 0.4) is 0 Å². The summed E-state index contributed by atoms with van der Waals surface area (Å²) in [4.78, 5) is 22.7. The predicted molar refractivity (Wildman–Crippen MR) is 58.9 cm³/mol. The molecule has 0 aromatic rings. The van der Waals surface area contributed by atoms with Gasteiger partial charge in [0.15, 0.2) is 12.1 Å². The number of ether oxygens (including phenoxy) is 2. The molecule has 0 N–H and O–H groups in total. The van der Waals surface area contributed by atoms with Crippen molar-refractivity contribution in [3.05, 3.63) is 12.2 Å². The van der Waals surface area contributed by atoms with E-state index in [1.165, 1.54) is 13.0 Å². The van der Waals surface area contributed by atoms with Crippen molar-refractivity contribution >= 4 is 11.6 Å². The molecule has 90 valence electrons. The van der Waals surface area contributed by atoms with Gasteiger partial charge in [0.2, 0.25) is 0 Å². The van der Waals surface area contributed by atoms with Gasteiger partial charge >= 0.3 is 0 Å². The van der Waals surface area contributed by atoms with E-state index in [0.717, 1.165) is 0 Å². The van der Waals surface area contributed by atoms with Crippen LogP contribution in [-0.4, -0.2) is 31.1 Å². The number of hydrogen-bond donors (Lipinski definition) is 0. The third-order valence-corrected chi connectivity index (χ3v) is 2.65. The van der Waals surface area contributed by atoms with Crippen molar-refractivity contribution < 1.29 is 19.1 Å². The molecule has 1 rings (SSSR count). The molecular weight excluding hydrogens is 208 g/mol. The minimum atomic E-state index is -0.590. The van der Waals surface area contributed by atoms with E-state index >= 15 is 0 Å². The predicted octanol–water partition coefficient (Wildman–Crippen LogP) is 1.49. The van der Waals surface area contributed by atoms with Gasteiger partial charge in [-0.25, -0.2) is 0 Å². The first-order chi connectivity index (χ1) is 7.42. The summed E-state index contributed by atoms with van der Waals surface area (Å²) in [5, 5.41) is 0. The molecule has 0 radical (unpaired) electrons. The molecule has 0 spiro atoms. The summed E-state index contributed by atoms with van der Waals surface area (Å²) in [6.07, 6.45) is 2.86. The average Bonchev–Trinajstić information content (AvgIpc) is 2.67. The molecule has 4 nitrogen and oxygen atoms in total. The number of ketones is 2. The van der Waals surface area contributed by atoms with Crippen LogP contribution in [0, 0.1) is 5.41 Å². The van der Waals surface area contributed by atoms with Gasteiger partial charge in [-0.05, 0) is 26.8 Å². The molecule has 1 aliphatic heterocycles. The number of carbonyl (C=O) groups excluding carboxylic acids is 2. The van der Waals surface area contributed by atoms with Crippen LogP contribution in [0.2, 0.25) is 0 Å². The molecule has 4 heteroatoms. The highest BCUT2D eigenvalue weighted by atomic mass is 16.7. The summed E-state index contributed by atoms with van der Waals surface area (Å²) in [6, 6.07) is 0. The molecule has 0 saturated carbocycles. The van der Waals surface area contributed by atoms with Crippen molar-refractivity contribution in [3.63, 3.8) is 0 Å². The zero-order valence-electron chi connectivity index (χ0n) is 9.99. The number of Topliss-reactive ketones (excluding diaryl/α,β-unsaturated/α-hetero) is 1. The average molecular weight is 226 g/mol. The van der Waals surface area contributed by atoms with Crippen LogP contribution in [0.4, 0.5) is 0 Å². The molecule has 0 unspecified atom stereocenters. The second-order valence-corrected chi connectivity index (χ2v) is 4.45. The van der Waals surface area contributed by atoms with E-state index in [1.54, 1.807) is 19.9 Å². The number of rotatable bonds is 5. The summed E-state index contributed by atoms with van der Waals surface area (Å²) in [6.45, 7) is 6.16. The monoisotopic (exact) mass is 226 g/mol. The Balaban J connectivity index is 2.44. The van der Waals surface area contributed by atoms with Crippen molar-refractivity contribution in [1.29, 1.82) is 0 Å². The van der Waals surface area contributed by atoms with Gasteiger partial charge < -0.3 is 9.47 Å². The second kappa shape index (κ2) is 5.37. The minimum absolute atomic E-state index is 0.0323. The van der Waals surface area contributed by atoms with Gasteiger partial charge in [0.25, 0.3) is 0 Å². The Morgan fingerprint density at radius 2 is 1.88 bits per heavy atom. The molecule has 0 aromatic heterocycles. The van der Waals surface area contributed by atoms with Gasteiger partial charge in [0.05, 0.1) is 19.6 Å². The fourth-order valence-corrected chi connectivity index (χ4v) is 1.18. The lowest BCUT2D eigenvalue weighted by molar-refractivity contribution is -0.122. The lowest BCUT2D eigenvalue weighted by Crippen LogP contribution is -2.19. The Morgan fingerprint density at radius 1 is 1.31 bits per heavy atom. The van der Waals surface area contributed by atoms with E-state index in [9.17, 15) is 9.59 Å². The highest BCUT2D eigenvalue weighted by Crippen LogP contribution is 2.18. The zero-order valence-corrected chi connectivity index (χ0v) is 9.99. The van der Waals surface area contributed by atoms with Crippen molar-refractivity contribution in [1.82, 2.24) is 0 Å². The van der Waals surface area contributed by atoms with Crippen LogP contribution in [0.5, 0.6) is 0 Å². The third kappa shape index (κ3) is 3.87. The summed E-state index contributed by atoms with van der Waals surface area (Å²) in [5.74, 6) is -0.0499. The Kier molecular flexibility index (Phi) is 4.38. The van der Waals surface area contributed by atoms with E-state index in [0.29, 0.717) is 13.2 Å². The Bertz CT molecular complexity index is 298. The minimum Gasteiger partial charge on any atom is -0.350 e. The Morgan fingerprint density at radius 3 is 2.38 bits per heavy atom. The van der Waals surface area contributed by atoms with E-state index in [1.807, 2.05) is 0 Å². The van der Waals surface area contributed by atoms with Gasteiger partial charge in [-0.15, -0.1) is 0 Å². The van der Waals surface area contributed by atoms with Gasteiger partial charge in [0, 0.05) is 5.41 Å².